The molecule has 30 heavy (non-hydrogen) atoms. The van der Waals surface area contributed by atoms with Crippen molar-refractivity contribution in [1.82, 2.24) is 9.88 Å². The van der Waals surface area contributed by atoms with Gasteiger partial charge in [-0.3, -0.25) is 9.69 Å². The summed E-state index contributed by atoms with van der Waals surface area (Å²) in [4.78, 5) is 23.8. The van der Waals surface area contributed by atoms with Gasteiger partial charge in [0.2, 0.25) is 0 Å². The molecule has 5 nitrogen and oxygen atoms in total. The standard InChI is InChI=1S/C24H33N3O2S/c1-24(2,3)20-8-6-18(7-9-20)22(28)19-5-4-10-26(16-19)17-21-15-25-23(30-21)27-11-13-29-14-12-27/h6-9,15,19H,4-5,10-14,16-17H2,1-3H3/t19-/m1/s1. The van der Waals surface area contributed by atoms with Crippen LogP contribution in [0.2, 0.25) is 0 Å². The first-order valence-electron chi connectivity index (χ1n) is 11.0. The molecule has 0 saturated carbocycles. The van der Waals surface area contributed by atoms with E-state index in [9.17, 15) is 4.79 Å². The third-order valence-corrected chi connectivity index (χ3v) is 7.16. The van der Waals surface area contributed by atoms with E-state index in [1.165, 1.54) is 10.4 Å². The van der Waals surface area contributed by atoms with Gasteiger partial charge in [-0.2, -0.15) is 0 Å². The average Bonchev–Trinajstić information content (AvgIpc) is 3.22. The fourth-order valence-electron chi connectivity index (χ4n) is 4.27. The molecule has 0 bridgehead atoms. The van der Waals surface area contributed by atoms with Crippen molar-refractivity contribution >= 4 is 22.3 Å². The Morgan fingerprint density at radius 3 is 2.60 bits per heavy atom. The number of benzene rings is 1. The normalized spacial score (nSPS) is 21.0. The zero-order valence-corrected chi connectivity index (χ0v) is 19.2. The van der Waals surface area contributed by atoms with E-state index in [1.54, 1.807) is 11.3 Å². The first-order chi connectivity index (χ1) is 14.4. The summed E-state index contributed by atoms with van der Waals surface area (Å²) in [6, 6.07) is 8.25. The van der Waals surface area contributed by atoms with E-state index in [0.717, 1.165) is 69.5 Å². The summed E-state index contributed by atoms with van der Waals surface area (Å²) in [5.41, 5.74) is 2.23. The molecule has 1 aromatic heterocycles. The van der Waals surface area contributed by atoms with Gasteiger partial charge in [-0.1, -0.05) is 45.0 Å². The van der Waals surface area contributed by atoms with Crippen molar-refractivity contribution < 1.29 is 9.53 Å². The van der Waals surface area contributed by atoms with Gasteiger partial charge in [0, 0.05) is 48.7 Å². The second kappa shape index (κ2) is 9.16. The maximum atomic E-state index is 13.1. The molecule has 2 saturated heterocycles. The van der Waals surface area contributed by atoms with Crippen LogP contribution in [0.25, 0.3) is 0 Å². The number of aromatic nitrogens is 1. The van der Waals surface area contributed by atoms with Gasteiger partial charge in [-0.15, -0.1) is 11.3 Å². The number of nitrogens with zero attached hydrogens (tertiary/aromatic N) is 3. The molecule has 4 rings (SSSR count). The number of thiazole rings is 1. The predicted molar refractivity (Wildman–Crippen MR) is 123 cm³/mol. The first-order valence-corrected chi connectivity index (χ1v) is 11.9. The number of carbonyl (C=O) groups excluding carboxylic acids is 1. The number of ether oxygens (including phenoxy) is 1. The highest BCUT2D eigenvalue weighted by Crippen LogP contribution is 2.28. The van der Waals surface area contributed by atoms with E-state index >= 15 is 0 Å². The van der Waals surface area contributed by atoms with Crippen LogP contribution in [0.15, 0.2) is 30.5 Å². The molecule has 162 valence electrons. The molecule has 2 aliphatic rings. The molecule has 0 aliphatic carbocycles. The van der Waals surface area contributed by atoms with Gasteiger partial charge in [0.25, 0.3) is 0 Å². The number of piperidine rings is 1. The summed E-state index contributed by atoms with van der Waals surface area (Å²) in [6.45, 7) is 12.8. The minimum atomic E-state index is 0.0888. The van der Waals surface area contributed by atoms with E-state index in [-0.39, 0.29) is 11.3 Å². The molecular formula is C24H33N3O2S. The van der Waals surface area contributed by atoms with Gasteiger partial charge in [-0.05, 0) is 30.4 Å². The van der Waals surface area contributed by atoms with Crippen molar-refractivity contribution in [3.05, 3.63) is 46.5 Å². The van der Waals surface area contributed by atoms with Crippen molar-refractivity contribution in [1.29, 1.82) is 0 Å². The second-order valence-corrected chi connectivity index (χ2v) is 10.6. The van der Waals surface area contributed by atoms with Crippen LogP contribution >= 0.6 is 11.3 Å². The van der Waals surface area contributed by atoms with E-state index < -0.39 is 0 Å². The Balaban J connectivity index is 1.36. The summed E-state index contributed by atoms with van der Waals surface area (Å²) < 4.78 is 5.44. The third-order valence-electron chi connectivity index (χ3n) is 6.11. The van der Waals surface area contributed by atoms with Crippen molar-refractivity contribution in [2.24, 2.45) is 5.92 Å². The van der Waals surface area contributed by atoms with Gasteiger partial charge in [0.1, 0.15) is 0 Å². The van der Waals surface area contributed by atoms with E-state index in [1.807, 2.05) is 18.3 Å². The van der Waals surface area contributed by atoms with Crippen LogP contribution in [0, 0.1) is 5.92 Å². The average molecular weight is 428 g/mol. The van der Waals surface area contributed by atoms with Crippen molar-refractivity contribution in [3.8, 4) is 0 Å². The van der Waals surface area contributed by atoms with Crippen molar-refractivity contribution in [2.75, 3.05) is 44.3 Å². The third kappa shape index (κ3) is 5.10. The minimum Gasteiger partial charge on any atom is -0.378 e. The maximum absolute atomic E-state index is 13.1. The van der Waals surface area contributed by atoms with Crippen molar-refractivity contribution in [2.45, 2.75) is 45.6 Å². The smallest absolute Gasteiger partial charge is 0.185 e. The summed E-state index contributed by atoms with van der Waals surface area (Å²) in [5.74, 6) is 0.379. The number of ketones is 1. The fourth-order valence-corrected chi connectivity index (χ4v) is 5.28. The van der Waals surface area contributed by atoms with Gasteiger partial charge in [0.15, 0.2) is 10.9 Å². The van der Waals surface area contributed by atoms with Gasteiger partial charge < -0.3 is 9.64 Å². The van der Waals surface area contributed by atoms with E-state index in [4.69, 9.17) is 4.74 Å². The highest BCUT2D eigenvalue weighted by atomic mass is 32.1. The molecule has 0 N–H and O–H groups in total. The molecule has 2 aromatic rings. The Morgan fingerprint density at radius 2 is 1.90 bits per heavy atom. The maximum Gasteiger partial charge on any atom is 0.185 e. The number of morpholine rings is 1. The topological polar surface area (TPSA) is 45.7 Å². The Hall–Kier alpha value is -1.76. The lowest BCUT2D eigenvalue weighted by molar-refractivity contribution is 0.0812. The molecule has 0 radical (unpaired) electrons. The first kappa shape index (κ1) is 21.5. The number of carbonyl (C=O) groups is 1. The zero-order valence-electron chi connectivity index (χ0n) is 18.4. The molecule has 0 spiro atoms. The SMILES string of the molecule is CC(C)(C)c1ccc(C(=O)[C@@H]2CCCN(Cc3cnc(N4CCOCC4)s3)C2)cc1. The van der Waals surface area contributed by atoms with Gasteiger partial charge >= 0.3 is 0 Å². The summed E-state index contributed by atoms with van der Waals surface area (Å²) in [7, 11) is 0. The van der Waals surface area contributed by atoms with Crippen LogP contribution < -0.4 is 4.90 Å². The van der Waals surface area contributed by atoms with Crippen LogP contribution in [0.1, 0.15) is 54.4 Å². The van der Waals surface area contributed by atoms with Crippen LogP contribution in [0.3, 0.4) is 0 Å². The van der Waals surface area contributed by atoms with E-state index in [2.05, 4.69) is 47.7 Å². The second-order valence-electron chi connectivity index (χ2n) is 9.47. The lowest BCUT2D eigenvalue weighted by atomic mass is 9.85. The number of hydrogen-bond donors (Lipinski definition) is 0. The largest absolute Gasteiger partial charge is 0.378 e. The molecule has 0 amide bonds. The Morgan fingerprint density at radius 1 is 1.17 bits per heavy atom. The number of Topliss-reactive ketones (excluding diaryl/α,β-unsaturated/α-hetero) is 1. The van der Waals surface area contributed by atoms with Crippen molar-refractivity contribution in [3.63, 3.8) is 0 Å². The van der Waals surface area contributed by atoms with Crippen LogP contribution in [-0.2, 0) is 16.7 Å². The van der Waals surface area contributed by atoms with Gasteiger partial charge in [-0.25, -0.2) is 4.98 Å². The highest BCUT2D eigenvalue weighted by Gasteiger charge is 2.27. The molecule has 1 aromatic carbocycles. The quantitative estimate of drug-likeness (QED) is 0.663. The minimum absolute atomic E-state index is 0.0888. The fraction of sp³-hybridized carbons (Fsp3) is 0.583. The van der Waals surface area contributed by atoms with Crippen LogP contribution in [0.5, 0.6) is 0 Å². The number of likely N-dealkylation sites (tertiary alicyclic amines) is 1. The molecule has 1 atom stereocenters. The number of rotatable bonds is 5. The summed E-state index contributed by atoms with van der Waals surface area (Å²) in [5, 5.41) is 1.09. The molecule has 3 heterocycles. The Labute approximate surface area is 184 Å². The van der Waals surface area contributed by atoms with Crippen LogP contribution in [0.4, 0.5) is 5.13 Å². The lowest BCUT2D eigenvalue weighted by Gasteiger charge is -2.31. The summed E-state index contributed by atoms with van der Waals surface area (Å²) >= 11 is 1.78. The predicted octanol–water partition coefficient (Wildman–Crippen LogP) is 4.37. The summed E-state index contributed by atoms with van der Waals surface area (Å²) in [6.07, 6.45) is 4.07. The Bertz CT molecular complexity index is 850. The van der Waals surface area contributed by atoms with Gasteiger partial charge in [0.05, 0.1) is 13.2 Å². The molecular weight excluding hydrogens is 394 g/mol. The number of hydrogen-bond acceptors (Lipinski definition) is 6. The Kier molecular flexibility index (Phi) is 6.56. The molecule has 2 fully saturated rings. The van der Waals surface area contributed by atoms with Crippen LogP contribution in [-0.4, -0.2) is 55.1 Å². The monoisotopic (exact) mass is 427 g/mol. The molecule has 2 aliphatic heterocycles. The lowest BCUT2D eigenvalue weighted by Crippen LogP contribution is -2.38. The zero-order chi connectivity index (χ0) is 21.1. The molecule has 0 unspecified atom stereocenters. The molecule has 6 heteroatoms. The highest BCUT2D eigenvalue weighted by molar-refractivity contribution is 7.15. The number of anilines is 1. The van der Waals surface area contributed by atoms with E-state index in [0.29, 0.717) is 5.78 Å².